The molecule has 1 aromatic heterocycles. The minimum absolute atomic E-state index is 0.151. The summed E-state index contributed by atoms with van der Waals surface area (Å²) in [5.74, 6) is -0.649. The fourth-order valence-corrected chi connectivity index (χ4v) is 4.62. The van der Waals surface area contributed by atoms with Crippen LogP contribution in [0.25, 0.3) is 0 Å². The number of anilines is 1. The maximum atomic E-state index is 12.6. The van der Waals surface area contributed by atoms with Crippen molar-refractivity contribution in [3.8, 4) is 0 Å². The second-order valence-corrected chi connectivity index (χ2v) is 8.05. The second kappa shape index (κ2) is 7.38. The van der Waals surface area contributed by atoms with Crippen molar-refractivity contribution in [2.24, 2.45) is 0 Å². The molecule has 2 aliphatic heterocycles. The highest BCUT2D eigenvalue weighted by molar-refractivity contribution is 14.1. The molecule has 4 rings (SSSR count). The van der Waals surface area contributed by atoms with Crippen LogP contribution in [0.5, 0.6) is 0 Å². The van der Waals surface area contributed by atoms with Crippen molar-refractivity contribution in [1.82, 2.24) is 9.55 Å². The first-order chi connectivity index (χ1) is 13.3. The van der Waals surface area contributed by atoms with Gasteiger partial charge in [-0.1, -0.05) is 52.9 Å². The van der Waals surface area contributed by atoms with Gasteiger partial charge < -0.3 is 24.7 Å². The number of fused-ring (bicyclic) bond motifs is 1. The van der Waals surface area contributed by atoms with Crippen molar-refractivity contribution in [3.63, 3.8) is 0 Å². The molecule has 2 aliphatic rings. The van der Waals surface area contributed by atoms with Crippen LogP contribution < -0.4 is 11.4 Å². The fourth-order valence-electron chi connectivity index (χ4n) is 3.63. The lowest BCUT2D eigenvalue weighted by Gasteiger charge is -2.36. The summed E-state index contributed by atoms with van der Waals surface area (Å²) in [5.41, 5.74) is 5.03. The Labute approximate surface area is 176 Å². The molecule has 0 radical (unpaired) electrons. The summed E-state index contributed by atoms with van der Waals surface area (Å²) in [5, 5.41) is 0. The highest BCUT2D eigenvalue weighted by atomic mass is 127. The highest BCUT2D eigenvalue weighted by Crippen LogP contribution is 2.46. The molecule has 28 heavy (non-hydrogen) atoms. The molecule has 0 saturated carbocycles. The summed E-state index contributed by atoms with van der Waals surface area (Å²) in [4.78, 5) is 16.5. The number of hydrogen-bond donors (Lipinski definition) is 1. The predicted octanol–water partition coefficient (Wildman–Crippen LogP) is 2.01. The van der Waals surface area contributed by atoms with Crippen molar-refractivity contribution in [2.45, 2.75) is 50.5 Å². The van der Waals surface area contributed by atoms with E-state index in [2.05, 4.69) is 27.6 Å². The first-order valence-corrected chi connectivity index (χ1v) is 10.5. The Morgan fingerprint density at radius 3 is 2.64 bits per heavy atom. The number of alkyl halides is 1. The van der Waals surface area contributed by atoms with Crippen LogP contribution in [0, 0.1) is 0 Å². The van der Waals surface area contributed by atoms with Crippen LogP contribution in [-0.2, 0) is 31.3 Å². The predicted molar refractivity (Wildman–Crippen MR) is 110 cm³/mol. The van der Waals surface area contributed by atoms with Crippen molar-refractivity contribution in [1.29, 1.82) is 0 Å². The third kappa shape index (κ3) is 3.45. The van der Waals surface area contributed by atoms with Crippen LogP contribution >= 0.6 is 22.6 Å². The van der Waals surface area contributed by atoms with Gasteiger partial charge in [-0.25, -0.2) is 4.79 Å². The van der Waals surface area contributed by atoms with E-state index in [0.29, 0.717) is 11.0 Å². The number of nitrogens with zero attached hydrogens (tertiary/aromatic N) is 2. The zero-order valence-corrected chi connectivity index (χ0v) is 17.7. The third-order valence-corrected chi connectivity index (χ3v) is 5.94. The van der Waals surface area contributed by atoms with Crippen molar-refractivity contribution >= 4 is 28.4 Å². The number of rotatable bonds is 5. The van der Waals surface area contributed by atoms with Crippen LogP contribution in [0.1, 0.15) is 19.4 Å². The summed E-state index contributed by atoms with van der Waals surface area (Å²) < 4.78 is 26.4. The molecule has 0 spiro atoms. The minimum Gasteiger partial charge on any atom is -0.383 e. The lowest BCUT2D eigenvalue weighted by atomic mass is 10.1. The van der Waals surface area contributed by atoms with Crippen LogP contribution in [0.2, 0.25) is 0 Å². The molecule has 2 saturated heterocycles. The number of aromatic nitrogens is 2. The molecule has 0 bridgehead atoms. The average molecular weight is 499 g/mol. The Morgan fingerprint density at radius 1 is 1.21 bits per heavy atom. The average Bonchev–Trinajstić information content (AvgIpc) is 3.10. The first kappa shape index (κ1) is 19.8. The van der Waals surface area contributed by atoms with Gasteiger partial charge in [-0.15, -0.1) is 0 Å². The van der Waals surface area contributed by atoms with Crippen LogP contribution in [0.15, 0.2) is 47.4 Å². The molecule has 8 nitrogen and oxygen atoms in total. The van der Waals surface area contributed by atoms with E-state index >= 15 is 0 Å². The van der Waals surface area contributed by atoms with Gasteiger partial charge in [0.15, 0.2) is 17.8 Å². The zero-order chi connectivity index (χ0) is 19.9. The Balaban J connectivity index is 1.72. The van der Waals surface area contributed by atoms with Gasteiger partial charge in [0.25, 0.3) is 0 Å². The van der Waals surface area contributed by atoms with Gasteiger partial charge >= 0.3 is 5.69 Å². The van der Waals surface area contributed by atoms with Gasteiger partial charge in [-0.3, -0.25) is 4.57 Å². The smallest absolute Gasteiger partial charge is 0.351 e. The number of nitrogens with two attached hydrogens (primary N) is 1. The number of benzene rings is 1. The van der Waals surface area contributed by atoms with Crippen LogP contribution in [-0.4, -0.2) is 38.3 Å². The van der Waals surface area contributed by atoms with E-state index < -0.39 is 35.7 Å². The minimum atomic E-state index is -1.13. The molecule has 150 valence electrons. The Kier molecular flexibility index (Phi) is 5.21. The van der Waals surface area contributed by atoms with Crippen molar-refractivity contribution in [2.75, 3.05) is 10.2 Å². The van der Waals surface area contributed by atoms with Gasteiger partial charge in [-0.2, -0.15) is 4.98 Å². The SMILES string of the molecule is CC1(C)O[C@H]2O[C@](CI)(n3ccc(N)nc3=O)[C@@H](OCc3ccccc3)[C@H]2O1. The van der Waals surface area contributed by atoms with E-state index in [0.717, 1.165) is 5.56 Å². The van der Waals surface area contributed by atoms with E-state index in [4.69, 9.17) is 24.7 Å². The maximum Gasteiger partial charge on any atom is 0.351 e. The summed E-state index contributed by atoms with van der Waals surface area (Å²) in [6.45, 7) is 3.99. The van der Waals surface area contributed by atoms with Gasteiger partial charge in [0.1, 0.15) is 18.0 Å². The van der Waals surface area contributed by atoms with Gasteiger partial charge in [0, 0.05) is 6.20 Å². The zero-order valence-electron chi connectivity index (χ0n) is 15.6. The summed E-state index contributed by atoms with van der Waals surface area (Å²) >= 11 is 2.18. The van der Waals surface area contributed by atoms with Crippen LogP contribution in [0.3, 0.4) is 0 Å². The molecule has 2 N–H and O–H groups in total. The van der Waals surface area contributed by atoms with Gasteiger partial charge in [-0.05, 0) is 25.5 Å². The largest absolute Gasteiger partial charge is 0.383 e. The standard InChI is InChI=1S/C19H22IN3O5/c1-18(2)26-14-15(25-10-12-6-4-3-5-7-12)19(11-20,28-16(14)27-18)23-9-8-13(21)22-17(23)24/h3-9,14-16H,10-11H2,1-2H3,(H2,21,22,24)/t14-,15+,16+,19+/m1/s1. The molecule has 3 heterocycles. The van der Waals surface area contributed by atoms with Gasteiger partial charge in [0.05, 0.1) is 11.0 Å². The molecular weight excluding hydrogens is 477 g/mol. The van der Waals surface area contributed by atoms with Crippen LogP contribution in [0.4, 0.5) is 5.82 Å². The Hall–Kier alpha value is -1.53. The summed E-state index contributed by atoms with van der Waals surface area (Å²) in [6, 6.07) is 11.4. The molecule has 2 fully saturated rings. The lowest BCUT2D eigenvalue weighted by Crippen LogP contribution is -2.54. The van der Waals surface area contributed by atoms with E-state index in [9.17, 15) is 4.79 Å². The van der Waals surface area contributed by atoms with E-state index in [-0.39, 0.29) is 5.82 Å². The summed E-state index contributed by atoms with van der Waals surface area (Å²) in [6.07, 6.45) is -0.151. The monoisotopic (exact) mass is 499 g/mol. The molecule has 2 aromatic rings. The normalized spacial score (nSPS) is 31.0. The number of nitrogen functional groups attached to an aromatic ring is 1. The van der Waals surface area contributed by atoms with E-state index in [1.165, 1.54) is 4.57 Å². The Morgan fingerprint density at radius 2 is 1.96 bits per heavy atom. The highest BCUT2D eigenvalue weighted by Gasteiger charge is 2.63. The van der Waals surface area contributed by atoms with E-state index in [1.807, 2.05) is 44.2 Å². The molecular formula is C19H22IN3O5. The topological polar surface area (TPSA) is 97.8 Å². The molecule has 4 atom stereocenters. The molecule has 0 aliphatic carbocycles. The molecule has 0 amide bonds. The first-order valence-electron chi connectivity index (χ1n) is 8.95. The number of hydrogen-bond acceptors (Lipinski definition) is 7. The molecule has 0 unspecified atom stereocenters. The third-order valence-electron chi connectivity index (χ3n) is 4.85. The van der Waals surface area contributed by atoms with E-state index in [1.54, 1.807) is 12.3 Å². The number of ether oxygens (including phenoxy) is 4. The summed E-state index contributed by atoms with van der Waals surface area (Å²) in [7, 11) is 0. The number of halogens is 1. The Bertz CT molecular complexity index is 906. The quantitative estimate of drug-likeness (QED) is 0.497. The lowest BCUT2D eigenvalue weighted by molar-refractivity contribution is -0.261. The van der Waals surface area contributed by atoms with Gasteiger partial charge in [0.2, 0.25) is 0 Å². The maximum absolute atomic E-state index is 12.6. The second-order valence-electron chi connectivity index (χ2n) is 7.29. The fraction of sp³-hybridized carbons (Fsp3) is 0.474. The molecule has 9 heteroatoms. The van der Waals surface area contributed by atoms with Crippen molar-refractivity contribution < 1.29 is 18.9 Å². The van der Waals surface area contributed by atoms with Crippen molar-refractivity contribution in [3.05, 3.63) is 58.6 Å². The molecule has 1 aromatic carbocycles.